The fourth-order valence-corrected chi connectivity index (χ4v) is 5.39. The summed E-state index contributed by atoms with van der Waals surface area (Å²) in [5, 5.41) is 8.91. The molecule has 3 aromatic rings. The van der Waals surface area contributed by atoms with Crippen molar-refractivity contribution in [3.63, 3.8) is 0 Å². The molecule has 0 saturated heterocycles. The Morgan fingerprint density at radius 3 is 2.57 bits per heavy atom. The van der Waals surface area contributed by atoms with Gasteiger partial charge in [0, 0.05) is 24.8 Å². The molecule has 0 saturated carbocycles. The normalized spacial score (nSPS) is 11.9. The van der Waals surface area contributed by atoms with Gasteiger partial charge in [-0.05, 0) is 30.3 Å². The molecule has 11 heteroatoms. The number of ketones is 1. The number of Topliss-reactive ketones (excluding diaryl/α,β-unsaturated/α-hetero) is 1. The van der Waals surface area contributed by atoms with E-state index in [1.807, 2.05) is 0 Å². The summed E-state index contributed by atoms with van der Waals surface area (Å²) in [5.74, 6) is 0.440. The zero-order valence-electron chi connectivity index (χ0n) is 16.7. The van der Waals surface area contributed by atoms with Gasteiger partial charge in [0.25, 0.3) is 0 Å². The molecule has 0 aliphatic heterocycles. The molecule has 0 bridgehead atoms. The van der Waals surface area contributed by atoms with Gasteiger partial charge in [0.15, 0.2) is 16.6 Å². The topological polar surface area (TPSA) is 93.9 Å². The molecule has 2 heterocycles. The third kappa shape index (κ3) is 4.46. The number of halogens is 1. The van der Waals surface area contributed by atoms with E-state index in [9.17, 15) is 13.2 Å². The van der Waals surface area contributed by atoms with E-state index in [2.05, 4.69) is 10.2 Å². The lowest BCUT2D eigenvalue weighted by molar-refractivity contribution is 0.102. The van der Waals surface area contributed by atoms with Crippen molar-refractivity contribution in [3.05, 3.63) is 47.1 Å². The average molecular weight is 469 g/mol. The van der Waals surface area contributed by atoms with Crippen molar-refractivity contribution >= 4 is 44.8 Å². The number of aromatic nitrogens is 3. The first-order valence-electron chi connectivity index (χ1n) is 9.16. The first-order chi connectivity index (χ1) is 14.3. The smallest absolute Gasteiger partial charge is 0.244 e. The molecule has 0 aliphatic rings. The highest BCUT2D eigenvalue weighted by molar-refractivity contribution is 7.99. The maximum atomic E-state index is 12.8. The molecular formula is C19H21ClN4O4S2. The number of thioether (sulfide) groups is 1. The molecule has 30 heavy (non-hydrogen) atoms. The van der Waals surface area contributed by atoms with Crippen molar-refractivity contribution in [1.29, 1.82) is 0 Å². The van der Waals surface area contributed by atoms with Gasteiger partial charge in [-0.15, -0.1) is 10.2 Å². The number of rotatable bonds is 9. The van der Waals surface area contributed by atoms with Crippen LogP contribution in [-0.4, -0.2) is 59.1 Å². The Morgan fingerprint density at radius 1 is 1.20 bits per heavy atom. The molecule has 0 atom stereocenters. The number of hydrogen-bond acceptors (Lipinski definition) is 7. The maximum absolute atomic E-state index is 12.8. The number of fused-ring (bicyclic) bond motifs is 1. The van der Waals surface area contributed by atoms with E-state index < -0.39 is 10.0 Å². The van der Waals surface area contributed by atoms with Crippen LogP contribution in [0.3, 0.4) is 0 Å². The Morgan fingerprint density at radius 2 is 1.93 bits per heavy atom. The Labute approximate surface area is 184 Å². The Balaban J connectivity index is 1.83. The number of carbonyl (C=O) groups excluding carboxylic acids is 1. The molecular weight excluding hydrogens is 448 g/mol. The Bertz CT molecular complexity index is 1180. The first-order valence-corrected chi connectivity index (χ1v) is 12.0. The fourth-order valence-electron chi connectivity index (χ4n) is 2.87. The fraction of sp³-hybridized carbons (Fsp3) is 0.316. The van der Waals surface area contributed by atoms with E-state index in [-0.39, 0.29) is 16.4 Å². The lowest BCUT2D eigenvalue weighted by Crippen LogP contribution is -2.30. The molecule has 0 unspecified atom stereocenters. The summed E-state index contributed by atoms with van der Waals surface area (Å²) in [6.07, 6.45) is 1.49. The van der Waals surface area contributed by atoms with Gasteiger partial charge in [-0.3, -0.25) is 9.20 Å². The molecule has 0 spiro atoms. The molecule has 0 fully saturated rings. The van der Waals surface area contributed by atoms with Crippen LogP contribution in [-0.2, 0) is 10.0 Å². The van der Waals surface area contributed by atoms with Crippen LogP contribution in [0.2, 0.25) is 5.02 Å². The van der Waals surface area contributed by atoms with E-state index in [0.29, 0.717) is 40.2 Å². The molecule has 0 radical (unpaired) electrons. The van der Waals surface area contributed by atoms with E-state index >= 15 is 0 Å². The van der Waals surface area contributed by atoms with Crippen LogP contribution in [0, 0.1) is 0 Å². The SMILES string of the molecule is CCN(CC)S(=O)(=O)c1ccc2nnc(SCC(=O)c3ccc(OC)c(Cl)c3)n2c1. The summed E-state index contributed by atoms with van der Waals surface area (Å²) in [7, 11) is -2.12. The Hall–Kier alpha value is -2.14. The van der Waals surface area contributed by atoms with Gasteiger partial charge in [-0.2, -0.15) is 4.31 Å². The third-order valence-corrected chi connectivity index (χ3v) is 7.77. The number of sulfonamides is 1. The third-order valence-electron chi connectivity index (χ3n) is 4.49. The summed E-state index contributed by atoms with van der Waals surface area (Å²) in [6.45, 7) is 4.33. The lowest BCUT2D eigenvalue weighted by Gasteiger charge is -2.18. The van der Waals surface area contributed by atoms with E-state index in [1.54, 1.807) is 42.5 Å². The molecule has 160 valence electrons. The van der Waals surface area contributed by atoms with E-state index in [4.69, 9.17) is 16.3 Å². The standard InChI is InChI=1S/C19H21ClN4O4S2/c1-4-23(5-2)30(26,27)14-7-9-18-21-22-19(24(18)11-14)29-12-16(25)13-6-8-17(28-3)15(20)10-13/h6-11H,4-5,12H2,1-3H3. The maximum Gasteiger partial charge on any atom is 0.244 e. The van der Waals surface area contributed by atoms with Crippen LogP contribution >= 0.6 is 23.4 Å². The minimum atomic E-state index is -3.62. The van der Waals surface area contributed by atoms with Crippen molar-refractivity contribution in [2.24, 2.45) is 0 Å². The van der Waals surface area contributed by atoms with Gasteiger partial charge in [0.1, 0.15) is 5.75 Å². The van der Waals surface area contributed by atoms with Gasteiger partial charge >= 0.3 is 0 Å². The number of ether oxygens (including phenoxy) is 1. The molecule has 1 aromatic carbocycles. The predicted octanol–water partition coefficient (Wildman–Crippen LogP) is 3.40. The van der Waals surface area contributed by atoms with Crippen LogP contribution < -0.4 is 4.74 Å². The van der Waals surface area contributed by atoms with Gasteiger partial charge in [-0.1, -0.05) is 37.2 Å². The molecule has 0 N–H and O–H groups in total. The van der Waals surface area contributed by atoms with Gasteiger partial charge < -0.3 is 4.74 Å². The van der Waals surface area contributed by atoms with Crippen LogP contribution in [0.4, 0.5) is 0 Å². The Kier molecular flexibility index (Phi) is 7.02. The van der Waals surface area contributed by atoms with Crippen LogP contribution in [0.25, 0.3) is 5.65 Å². The highest BCUT2D eigenvalue weighted by Crippen LogP contribution is 2.27. The second-order valence-electron chi connectivity index (χ2n) is 6.23. The van der Waals surface area contributed by atoms with E-state index in [1.165, 1.54) is 35.4 Å². The van der Waals surface area contributed by atoms with Crippen LogP contribution in [0.15, 0.2) is 46.6 Å². The summed E-state index contributed by atoms with van der Waals surface area (Å²) in [4.78, 5) is 12.7. The minimum absolute atomic E-state index is 0.0937. The number of pyridine rings is 1. The molecule has 0 aliphatic carbocycles. The second kappa shape index (κ2) is 9.34. The highest BCUT2D eigenvalue weighted by Gasteiger charge is 2.23. The van der Waals surface area contributed by atoms with Gasteiger partial charge in [0.2, 0.25) is 10.0 Å². The highest BCUT2D eigenvalue weighted by atomic mass is 35.5. The lowest BCUT2D eigenvalue weighted by atomic mass is 10.1. The monoisotopic (exact) mass is 468 g/mol. The zero-order chi connectivity index (χ0) is 21.9. The van der Waals surface area contributed by atoms with Crippen LogP contribution in [0.1, 0.15) is 24.2 Å². The van der Waals surface area contributed by atoms with Gasteiger partial charge in [0.05, 0.1) is 22.8 Å². The summed E-state index contributed by atoms with van der Waals surface area (Å²) in [6, 6.07) is 7.94. The number of benzene rings is 1. The molecule has 3 rings (SSSR count). The summed E-state index contributed by atoms with van der Waals surface area (Å²) < 4.78 is 33.6. The number of hydrogen-bond donors (Lipinski definition) is 0. The molecule has 0 amide bonds. The molecule has 2 aromatic heterocycles. The van der Waals surface area contributed by atoms with Crippen molar-refractivity contribution < 1.29 is 17.9 Å². The number of carbonyl (C=O) groups is 1. The van der Waals surface area contributed by atoms with Crippen LogP contribution in [0.5, 0.6) is 5.75 Å². The van der Waals surface area contributed by atoms with Gasteiger partial charge in [-0.25, -0.2) is 8.42 Å². The van der Waals surface area contributed by atoms with E-state index in [0.717, 1.165) is 0 Å². The van der Waals surface area contributed by atoms with Crippen molar-refractivity contribution in [3.8, 4) is 5.75 Å². The first kappa shape index (κ1) is 22.5. The number of methoxy groups -OCH3 is 1. The van der Waals surface area contributed by atoms with Crippen molar-refractivity contribution in [2.45, 2.75) is 23.9 Å². The van der Waals surface area contributed by atoms with Crippen molar-refractivity contribution in [1.82, 2.24) is 18.9 Å². The average Bonchev–Trinajstić information content (AvgIpc) is 3.15. The molecule has 8 nitrogen and oxygen atoms in total. The number of nitrogens with zero attached hydrogens (tertiary/aromatic N) is 4. The van der Waals surface area contributed by atoms with Crippen molar-refractivity contribution in [2.75, 3.05) is 26.0 Å². The zero-order valence-corrected chi connectivity index (χ0v) is 19.1. The minimum Gasteiger partial charge on any atom is -0.495 e. The summed E-state index contributed by atoms with van der Waals surface area (Å²) >= 11 is 7.26. The second-order valence-corrected chi connectivity index (χ2v) is 9.51. The summed E-state index contributed by atoms with van der Waals surface area (Å²) in [5.41, 5.74) is 0.947. The quantitative estimate of drug-likeness (QED) is 0.351. The predicted molar refractivity (Wildman–Crippen MR) is 116 cm³/mol. The largest absolute Gasteiger partial charge is 0.495 e.